The molecule has 3 N–H and O–H groups in total. The fourth-order valence-corrected chi connectivity index (χ4v) is 1.72. The molecule has 1 aromatic carbocycles. The molecule has 5 nitrogen and oxygen atoms in total. The minimum atomic E-state index is -0.619. The van der Waals surface area contributed by atoms with Crippen LogP contribution in [0.25, 0.3) is 0 Å². The maximum absolute atomic E-state index is 5.90. The average molecular weight is 260 g/mol. The highest BCUT2D eigenvalue weighted by atomic mass is 16.4. The van der Waals surface area contributed by atoms with Gasteiger partial charge in [-0.1, -0.05) is 28.9 Å². The molecule has 2 aromatic rings. The summed E-state index contributed by atoms with van der Waals surface area (Å²) in [6, 6.07) is 6.75. The Morgan fingerprint density at radius 3 is 2.63 bits per heavy atom. The zero-order chi connectivity index (χ0) is 14.0. The van der Waals surface area contributed by atoms with Crippen LogP contribution in [0.4, 0.5) is 6.01 Å². The molecule has 0 saturated carbocycles. The van der Waals surface area contributed by atoms with Crippen molar-refractivity contribution in [2.45, 2.75) is 39.8 Å². The first-order chi connectivity index (χ1) is 8.86. The molecule has 0 saturated heterocycles. The van der Waals surface area contributed by atoms with Crippen molar-refractivity contribution in [3.63, 3.8) is 0 Å². The Labute approximate surface area is 113 Å². The van der Waals surface area contributed by atoms with Gasteiger partial charge in [0.25, 0.3) is 0 Å². The van der Waals surface area contributed by atoms with Crippen LogP contribution in [0, 0.1) is 13.8 Å². The third-order valence-electron chi connectivity index (χ3n) is 2.91. The zero-order valence-corrected chi connectivity index (χ0v) is 11.8. The molecule has 5 heteroatoms. The molecule has 0 aliphatic rings. The van der Waals surface area contributed by atoms with E-state index in [0.717, 1.165) is 0 Å². The average Bonchev–Trinajstić information content (AvgIpc) is 2.79. The van der Waals surface area contributed by atoms with Gasteiger partial charge in [0.2, 0.25) is 5.89 Å². The maximum atomic E-state index is 5.90. The highest BCUT2D eigenvalue weighted by Gasteiger charge is 2.21. The van der Waals surface area contributed by atoms with Crippen molar-refractivity contribution in [3.05, 3.63) is 40.8 Å². The van der Waals surface area contributed by atoms with E-state index in [2.05, 4.69) is 47.6 Å². The summed E-state index contributed by atoms with van der Waals surface area (Å²) in [5, 5.41) is 11.0. The van der Waals surface area contributed by atoms with Crippen molar-refractivity contribution in [2.75, 3.05) is 5.32 Å². The van der Waals surface area contributed by atoms with Gasteiger partial charge in [-0.2, -0.15) is 0 Å². The lowest BCUT2D eigenvalue weighted by Crippen LogP contribution is -2.29. The molecule has 102 valence electrons. The number of hydrogen-bond donors (Lipinski definition) is 2. The van der Waals surface area contributed by atoms with Crippen molar-refractivity contribution in [1.82, 2.24) is 10.2 Å². The van der Waals surface area contributed by atoms with Crippen LogP contribution in [0.15, 0.2) is 22.6 Å². The number of hydrogen-bond acceptors (Lipinski definition) is 5. The summed E-state index contributed by atoms with van der Waals surface area (Å²) in [5.74, 6) is 0.427. The van der Waals surface area contributed by atoms with Gasteiger partial charge in [-0.25, -0.2) is 0 Å². The Hall–Kier alpha value is -1.88. The lowest BCUT2D eigenvalue weighted by atomic mass is 10.1. The van der Waals surface area contributed by atoms with E-state index in [1.54, 1.807) is 0 Å². The fourth-order valence-electron chi connectivity index (χ4n) is 1.72. The lowest BCUT2D eigenvalue weighted by Gasteiger charge is -2.11. The lowest BCUT2D eigenvalue weighted by molar-refractivity contribution is 0.384. The largest absolute Gasteiger partial charge is 0.406 e. The molecule has 0 spiro atoms. The quantitative estimate of drug-likeness (QED) is 0.883. The Bertz CT molecular complexity index is 569. The molecule has 1 heterocycles. The van der Waals surface area contributed by atoms with Gasteiger partial charge in [-0.05, 0) is 38.8 Å². The van der Waals surface area contributed by atoms with Crippen LogP contribution in [0.5, 0.6) is 0 Å². The van der Waals surface area contributed by atoms with Gasteiger partial charge in [-0.15, -0.1) is 5.10 Å². The number of benzene rings is 1. The van der Waals surface area contributed by atoms with E-state index < -0.39 is 5.54 Å². The third kappa shape index (κ3) is 3.32. The molecule has 0 radical (unpaired) electrons. The first-order valence-electron chi connectivity index (χ1n) is 6.29. The van der Waals surface area contributed by atoms with Crippen LogP contribution in [0.2, 0.25) is 0 Å². The number of nitrogens with one attached hydrogen (secondary N) is 1. The summed E-state index contributed by atoms with van der Waals surface area (Å²) in [5.41, 5.74) is 8.96. The number of rotatable bonds is 4. The molecule has 2 rings (SSSR count). The normalized spacial score (nSPS) is 11.6. The number of anilines is 1. The number of aryl methyl sites for hydroxylation is 2. The molecule has 0 bridgehead atoms. The second-order valence-corrected chi connectivity index (χ2v) is 5.42. The van der Waals surface area contributed by atoms with Gasteiger partial charge in [0.05, 0.1) is 5.54 Å². The first-order valence-corrected chi connectivity index (χ1v) is 6.29. The Morgan fingerprint density at radius 1 is 1.26 bits per heavy atom. The zero-order valence-electron chi connectivity index (χ0n) is 11.8. The predicted molar refractivity (Wildman–Crippen MR) is 74.8 cm³/mol. The monoisotopic (exact) mass is 260 g/mol. The van der Waals surface area contributed by atoms with Crippen molar-refractivity contribution in [1.29, 1.82) is 0 Å². The molecule has 0 amide bonds. The summed E-state index contributed by atoms with van der Waals surface area (Å²) >= 11 is 0. The standard InChI is InChI=1S/C14H20N4O/c1-9-5-6-10(2)11(7-9)8-16-13-18-17-12(19-13)14(3,4)15/h5-7H,8,15H2,1-4H3,(H,16,18). The van der Waals surface area contributed by atoms with Gasteiger partial charge in [0.15, 0.2) is 0 Å². The van der Waals surface area contributed by atoms with Gasteiger partial charge in [-0.3, -0.25) is 0 Å². The molecular formula is C14H20N4O. The van der Waals surface area contributed by atoms with Crippen LogP contribution >= 0.6 is 0 Å². The van der Waals surface area contributed by atoms with Crippen molar-refractivity contribution >= 4 is 6.01 Å². The highest BCUT2D eigenvalue weighted by molar-refractivity contribution is 5.33. The number of nitrogens with zero attached hydrogens (tertiary/aromatic N) is 2. The van der Waals surface area contributed by atoms with Crippen LogP contribution in [-0.2, 0) is 12.1 Å². The number of nitrogens with two attached hydrogens (primary N) is 1. The Kier molecular flexibility index (Phi) is 3.57. The summed E-state index contributed by atoms with van der Waals surface area (Å²) in [6.45, 7) is 8.47. The minimum absolute atomic E-state index is 0.398. The number of aromatic nitrogens is 2. The van der Waals surface area contributed by atoms with Crippen molar-refractivity contribution < 1.29 is 4.42 Å². The van der Waals surface area contributed by atoms with Gasteiger partial charge in [0, 0.05) is 6.54 Å². The Morgan fingerprint density at radius 2 is 2.00 bits per heavy atom. The molecular weight excluding hydrogens is 240 g/mol. The molecule has 0 aliphatic heterocycles. The summed E-state index contributed by atoms with van der Waals surface area (Å²) in [7, 11) is 0. The van der Waals surface area contributed by atoms with Gasteiger partial charge < -0.3 is 15.5 Å². The molecule has 0 unspecified atom stereocenters. The summed E-state index contributed by atoms with van der Waals surface area (Å²) in [6.07, 6.45) is 0. The van der Waals surface area contributed by atoms with Gasteiger partial charge in [0.1, 0.15) is 0 Å². The van der Waals surface area contributed by atoms with E-state index in [1.807, 2.05) is 13.8 Å². The van der Waals surface area contributed by atoms with Crippen LogP contribution in [0.1, 0.15) is 36.4 Å². The van der Waals surface area contributed by atoms with Gasteiger partial charge >= 0.3 is 6.01 Å². The molecule has 1 aromatic heterocycles. The van der Waals surface area contributed by atoms with E-state index in [-0.39, 0.29) is 0 Å². The topological polar surface area (TPSA) is 77.0 Å². The van der Waals surface area contributed by atoms with Crippen molar-refractivity contribution in [3.8, 4) is 0 Å². The molecule has 19 heavy (non-hydrogen) atoms. The predicted octanol–water partition coefficient (Wildman–Crippen LogP) is 2.49. The van der Waals surface area contributed by atoms with E-state index in [1.165, 1.54) is 16.7 Å². The SMILES string of the molecule is Cc1ccc(C)c(CNc2nnc(C(C)(C)N)o2)c1. The van der Waals surface area contributed by atoms with Crippen molar-refractivity contribution in [2.24, 2.45) is 5.73 Å². The minimum Gasteiger partial charge on any atom is -0.406 e. The summed E-state index contributed by atoms with van der Waals surface area (Å²) < 4.78 is 5.48. The maximum Gasteiger partial charge on any atom is 0.315 e. The Balaban J connectivity index is 2.06. The van der Waals surface area contributed by atoms with Crippen LogP contribution < -0.4 is 11.1 Å². The summed E-state index contributed by atoms with van der Waals surface area (Å²) in [4.78, 5) is 0. The highest BCUT2D eigenvalue weighted by Crippen LogP contribution is 2.18. The molecule has 0 aliphatic carbocycles. The van der Waals surface area contributed by atoms with E-state index in [0.29, 0.717) is 18.5 Å². The van der Waals surface area contributed by atoms with E-state index in [9.17, 15) is 0 Å². The third-order valence-corrected chi connectivity index (χ3v) is 2.91. The van der Waals surface area contributed by atoms with Crippen LogP contribution in [-0.4, -0.2) is 10.2 Å². The molecule has 0 fully saturated rings. The van der Waals surface area contributed by atoms with E-state index in [4.69, 9.17) is 10.2 Å². The molecule has 0 atom stereocenters. The first kappa shape index (κ1) is 13.5. The second-order valence-electron chi connectivity index (χ2n) is 5.42. The van der Waals surface area contributed by atoms with Crippen LogP contribution in [0.3, 0.4) is 0 Å². The van der Waals surface area contributed by atoms with E-state index >= 15 is 0 Å². The fraction of sp³-hybridized carbons (Fsp3) is 0.429. The smallest absolute Gasteiger partial charge is 0.315 e. The second kappa shape index (κ2) is 5.01.